The van der Waals surface area contributed by atoms with Crippen molar-refractivity contribution >= 4 is 0 Å². The number of aryl methyl sites for hydroxylation is 1. The van der Waals surface area contributed by atoms with Crippen molar-refractivity contribution in [3.05, 3.63) is 72.2 Å². The van der Waals surface area contributed by atoms with Gasteiger partial charge in [-0.05, 0) is 48.4 Å². The van der Waals surface area contributed by atoms with Gasteiger partial charge in [0.15, 0.2) is 11.6 Å². The molecule has 4 heteroatoms. The highest BCUT2D eigenvalue weighted by Crippen LogP contribution is 2.28. The summed E-state index contributed by atoms with van der Waals surface area (Å²) in [4.78, 5) is 8.24. The zero-order valence-corrected chi connectivity index (χ0v) is 11.3. The summed E-state index contributed by atoms with van der Waals surface area (Å²) < 4.78 is 27.1. The van der Waals surface area contributed by atoms with Crippen LogP contribution >= 0.6 is 0 Å². The van der Waals surface area contributed by atoms with Crippen LogP contribution in [0.25, 0.3) is 22.4 Å². The van der Waals surface area contributed by atoms with Gasteiger partial charge in [-0.3, -0.25) is 9.97 Å². The Balaban J connectivity index is 2.08. The third-order valence-corrected chi connectivity index (χ3v) is 3.33. The number of rotatable bonds is 2. The molecule has 0 aliphatic carbocycles. The Morgan fingerprint density at radius 1 is 0.952 bits per heavy atom. The Labute approximate surface area is 121 Å². The van der Waals surface area contributed by atoms with E-state index in [0.717, 1.165) is 22.8 Å². The minimum atomic E-state index is -0.874. The highest BCUT2D eigenvalue weighted by molar-refractivity contribution is 5.70. The molecule has 0 aliphatic rings. The van der Waals surface area contributed by atoms with E-state index in [0.29, 0.717) is 5.69 Å². The maximum Gasteiger partial charge on any atom is 0.168 e. The number of hydrogen-bond donors (Lipinski definition) is 0. The Hall–Kier alpha value is -2.62. The molecule has 1 aromatic carbocycles. The Morgan fingerprint density at radius 2 is 1.71 bits per heavy atom. The lowest BCUT2D eigenvalue weighted by Crippen LogP contribution is -1.94. The quantitative estimate of drug-likeness (QED) is 0.696. The molecule has 3 aromatic rings. The van der Waals surface area contributed by atoms with Gasteiger partial charge in [0, 0.05) is 29.7 Å². The number of hydrogen-bond acceptors (Lipinski definition) is 2. The molecule has 104 valence electrons. The fourth-order valence-corrected chi connectivity index (χ4v) is 2.24. The summed E-state index contributed by atoms with van der Waals surface area (Å²) in [6.07, 6.45) is 5.08. The van der Waals surface area contributed by atoms with E-state index in [4.69, 9.17) is 0 Å². The normalized spacial score (nSPS) is 10.6. The second-order valence-electron chi connectivity index (χ2n) is 4.72. The average Bonchev–Trinajstić information content (AvgIpc) is 2.51. The molecule has 0 spiro atoms. The van der Waals surface area contributed by atoms with Gasteiger partial charge in [0.2, 0.25) is 0 Å². The van der Waals surface area contributed by atoms with Crippen molar-refractivity contribution in [1.29, 1.82) is 0 Å². The largest absolute Gasteiger partial charge is 0.265 e. The van der Waals surface area contributed by atoms with Crippen LogP contribution < -0.4 is 0 Å². The van der Waals surface area contributed by atoms with Gasteiger partial charge in [-0.25, -0.2) is 8.78 Å². The van der Waals surface area contributed by atoms with Crippen molar-refractivity contribution in [3.63, 3.8) is 0 Å². The predicted molar refractivity (Wildman–Crippen MR) is 77.6 cm³/mol. The molecule has 0 saturated heterocycles. The van der Waals surface area contributed by atoms with Crippen molar-refractivity contribution < 1.29 is 8.78 Å². The minimum absolute atomic E-state index is 0.166. The van der Waals surface area contributed by atoms with Crippen LogP contribution in [0.5, 0.6) is 0 Å². The summed E-state index contributed by atoms with van der Waals surface area (Å²) in [6.45, 7) is 1.91. The Bertz CT molecular complexity index is 786. The van der Waals surface area contributed by atoms with Crippen LogP contribution in [0.15, 0.2) is 55.0 Å². The van der Waals surface area contributed by atoms with Crippen LogP contribution in [0, 0.1) is 18.6 Å². The summed E-state index contributed by atoms with van der Waals surface area (Å²) in [5, 5.41) is 0. The maximum atomic E-state index is 13.8. The second-order valence-corrected chi connectivity index (χ2v) is 4.72. The van der Waals surface area contributed by atoms with Gasteiger partial charge < -0.3 is 0 Å². The number of benzene rings is 1. The van der Waals surface area contributed by atoms with Crippen LogP contribution in [0.1, 0.15) is 5.56 Å². The highest BCUT2D eigenvalue weighted by Gasteiger charge is 2.12. The Kier molecular flexibility index (Phi) is 3.44. The lowest BCUT2D eigenvalue weighted by Gasteiger charge is -2.09. The number of nitrogens with zero attached hydrogens (tertiary/aromatic N) is 2. The second kappa shape index (κ2) is 5.40. The zero-order valence-electron chi connectivity index (χ0n) is 11.3. The zero-order chi connectivity index (χ0) is 14.8. The van der Waals surface area contributed by atoms with Gasteiger partial charge in [0.1, 0.15) is 0 Å². The molecule has 0 aliphatic heterocycles. The molecule has 0 N–H and O–H groups in total. The van der Waals surface area contributed by atoms with Crippen molar-refractivity contribution in [2.24, 2.45) is 0 Å². The van der Waals surface area contributed by atoms with Gasteiger partial charge in [-0.1, -0.05) is 6.07 Å². The molecule has 0 unspecified atom stereocenters. The van der Waals surface area contributed by atoms with E-state index in [9.17, 15) is 8.78 Å². The summed E-state index contributed by atoms with van der Waals surface area (Å²) in [6, 6.07) is 9.61. The standard InChI is InChI=1S/C17H12F2N2/c1-11-9-16(13-3-2-4-15(18)17(13)19)21-10-14(11)12-5-7-20-8-6-12/h2-10H,1H3. The summed E-state index contributed by atoms with van der Waals surface area (Å²) in [5.74, 6) is -1.74. The van der Waals surface area contributed by atoms with Gasteiger partial charge in [-0.15, -0.1) is 0 Å². The molecule has 2 nitrogen and oxygen atoms in total. The number of aromatic nitrogens is 2. The third-order valence-electron chi connectivity index (χ3n) is 3.33. The lowest BCUT2D eigenvalue weighted by atomic mass is 10.0. The molecule has 2 heterocycles. The molecule has 0 bridgehead atoms. The lowest BCUT2D eigenvalue weighted by molar-refractivity contribution is 0.511. The van der Waals surface area contributed by atoms with E-state index in [2.05, 4.69) is 9.97 Å². The van der Waals surface area contributed by atoms with E-state index < -0.39 is 11.6 Å². The maximum absolute atomic E-state index is 13.8. The average molecular weight is 282 g/mol. The van der Waals surface area contributed by atoms with E-state index >= 15 is 0 Å². The molecule has 0 radical (unpaired) electrons. The smallest absolute Gasteiger partial charge is 0.168 e. The van der Waals surface area contributed by atoms with Crippen molar-refractivity contribution in [2.75, 3.05) is 0 Å². The SMILES string of the molecule is Cc1cc(-c2cccc(F)c2F)ncc1-c1ccncc1. The first-order chi connectivity index (χ1) is 10.2. The molecular weight excluding hydrogens is 270 g/mol. The molecular formula is C17H12F2N2. The Morgan fingerprint density at radius 3 is 2.43 bits per heavy atom. The van der Waals surface area contributed by atoms with Crippen LogP contribution in [0.4, 0.5) is 8.78 Å². The molecule has 0 saturated carbocycles. The number of halogens is 2. The highest BCUT2D eigenvalue weighted by atomic mass is 19.2. The van der Waals surface area contributed by atoms with Crippen molar-refractivity contribution in [2.45, 2.75) is 6.92 Å². The van der Waals surface area contributed by atoms with Gasteiger partial charge in [-0.2, -0.15) is 0 Å². The minimum Gasteiger partial charge on any atom is -0.265 e. The van der Waals surface area contributed by atoms with Crippen LogP contribution in [-0.2, 0) is 0 Å². The van der Waals surface area contributed by atoms with E-state index in [1.165, 1.54) is 12.1 Å². The van der Waals surface area contributed by atoms with Gasteiger partial charge >= 0.3 is 0 Å². The van der Waals surface area contributed by atoms with Gasteiger partial charge in [0.05, 0.1) is 5.69 Å². The van der Waals surface area contributed by atoms with Crippen LogP contribution in [0.3, 0.4) is 0 Å². The summed E-state index contributed by atoms with van der Waals surface area (Å²) >= 11 is 0. The fourth-order valence-electron chi connectivity index (χ4n) is 2.24. The molecule has 0 fully saturated rings. The van der Waals surface area contributed by atoms with E-state index in [1.807, 2.05) is 19.1 Å². The molecule has 21 heavy (non-hydrogen) atoms. The molecule has 0 amide bonds. The summed E-state index contributed by atoms with van der Waals surface area (Å²) in [5.41, 5.74) is 3.45. The first kappa shape index (κ1) is 13.4. The van der Waals surface area contributed by atoms with Gasteiger partial charge in [0.25, 0.3) is 0 Å². The first-order valence-corrected chi connectivity index (χ1v) is 6.48. The van der Waals surface area contributed by atoms with E-state index in [1.54, 1.807) is 24.7 Å². The molecule has 3 rings (SSSR count). The molecule has 2 aromatic heterocycles. The predicted octanol–water partition coefficient (Wildman–Crippen LogP) is 4.40. The van der Waals surface area contributed by atoms with E-state index in [-0.39, 0.29) is 5.56 Å². The van der Waals surface area contributed by atoms with Crippen molar-refractivity contribution in [1.82, 2.24) is 9.97 Å². The summed E-state index contributed by atoms with van der Waals surface area (Å²) in [7, 11) is 0. The fraction of sp³-hybridized carbons (Fsp3) is 0.0588. The van der Waals surface area contributed by atoms with Crippen molar-refractivity contribution in [3.8, 4) is 22.4 Å². The number of pyridine rings is 2. The first-order valence-electron chi connectivity index (χ1n) is 6.48. The monoisotopic (exact) mass is 282 g/mol. The topological polar surface area (TPSA) is 25.8 Å². The third kappa shape index (κ3) is 2.52. The molecule has 0 atom stereocenters. The van der Waals surface area contributed by atoms with Crippen LogP contribution in [0.2, 0.25) is 0 Å². The van der Waals surface area contributed by atoms with Crippen LogP contribution in [-0.4, -0.2) is 9.97 Å².